The topological polar surface area (TPSA) is 116 Å². The van der Waals surface area contributed by atoms with Crippen molar-refractivity contribution in [2.24, 2.45) is 12.1 Å². The smallest absolute Gasteiger partial charge is 0.329 e. The summed E-state index contributed by atoms with van der Waals surface area (Å²) in [4.78, 5) is 37.9. The normalized spacial score (nSPS) is 10.9. The van der Waals surface area contributed by atoms with E-state index in [2.05, 4.69) is 15.8 Å². The number of halogens is 1. The Morgan fingerprint density at radius 2 is 1.75 bits per heavy atom. The van der Waals surface area contributed by atoms with E-state index in [9.17, 15) is 14.4 Å². The van der Waals surface area contributed by atoms with Gasteiger partial charge in [0.05, 0.1) is 24.2 Å². The zero-order valence-corrected chi connectivity index (χ0v) is 22.9. The molecule has 0 aliphatic heterocycles. The number of hydrogen-bond donors (Lipinski definition) is 2. The van der Waals surface area contributed by atoms with Crippen LogP contribution in [0.2, 0.25) is 5.02 Å². The molecule has 0 atom stereocenters. The van der Waals surface area contributed by atoms with E-state index in [1.54, 1.807) is 67.2 Å². The Bertz CT molecular complexity index is 1610. The molecule has 0 aliphatic rings. The lowest BCUT2D eigenvalue weighted by Gasteiger charge is -2.12. The van der Waals surface area contributed by atoms with Crippen LogP contribution in [0.1, 0.15) is 23.7 Å². The van der Waals surface area contributed by atoms with E-state index in [0.717, 1.165) is 5.56 Å². The Kier molecular flexibility index (Phi) is 9.03. The molecule has 206 valence electrons. The first kappa shape index (κ1) is 28.2. The lowest BCUT2D eigenvalue weighted by atomic mass is 10.2. The van der Waals surface area contributed by atoms with Crippen molar-refractivity contribution in [3.63, 3.8) is 0 Å². The predicted octanol–water partition coefficient (Wildman–Crippen LogP) is 4.20. The molecule has 0 spiro atoms. The van der Waals surface area contributed by atoms with Gasteiger partial charge in [-0.25, -0.2) is 10.1 Å². The molecule has 0 saturated heterocycles. The third kappa shape index (κ3) is 6.59. The fourth-order valence-electron chi connectivity index (χ4n) is 3.88. The molecule has 0 unspecified atom stereocenters. The van der Waals surface area contributed by atoms with Crippen molar-refractivity contribution in [3.05, 3.63) is 105 Å². The van der Waals surface area contributed by atoms with Crippen LogP contribution in [0, 0.1) is 6.92 Å². The van der Waals surface area contributed by atoms with E-state index < -0.39 is 17.4 Å². The first-order valence-corrected chi connectivity index (χ1v) is 12.8. The van der Waals surface area contributed by atoms with Crippen molar-refractivity contribution >= 4 is 35.3 Å². The van der Waals surface area contributed by atoms with Gasteiger partial charge in [0.25, 0.3) is 5.56 Å². The monoisotopic (exact) mass is 561 g/mol. The Morgan fingerprint density at radius 3 is 2.48 bits per heavy atom. The molecule has 10 nitrogen and oxygen atoms in total. The standard InChI is InChI=1S/C29H28ClN5O5/c1-4-39-25-16-20(13-14-24(25)40-18-21-9-8-10-22(30)15-21)17-31-33-28(37)27(36)32-26-19(2)34(3)35(29(26)38)23-11-6-5-7-12-23/h5-17H,4,18H2,1-3H3,(H,32,36)(H,33,37). The summed E-state index contributed by atoms with van der Waals surface area (Å²) < 4.78 is 14.6. The van der Waals surface area contributed by atoms with Crippen LogP contribution in [0.4, 0.5) is 5.69 Å². The SMILES string of the molecule is CCOc1cc(C=NNC(=O)C(=O)Nc2c(C)n(C)n(-c3ccccc3)c2=O)ccc1OCc1cccc(Cl)c1. The number of carbonyl (C=O) groups excluding carboxylic acids is 2. The van der Waals surface area contributed by atoms with E-state index in [0.29, 0.717) is 46.7 Å². The number of para-hydroxylation sites is 1. The number of ether oxygens (including phenoxy) is 2. The largest absolute Gasteiger partial charge is 0.490 e. The van der Waals surface area contributed by atoms with Gasteiger partial charge in [0, 0.05) is 12.1 Å². The first-order chi connectivity index (χ1) is 19.3. The molecule has 1 aromatic heterocycles. The van der Waals surface area contributed by atoms with Crippen molar-refractivity contribution in [1.29, 1.82) is 0 Å². The quantitative estimate of drug-likeness (QED) is 0.180. The number of benzene rings is 3. The molecule has 40 heavy (non-hydrogen) atoms. The summed E-state index contributed by atoms with van der Waals surface area (Å²) in [6.45, 7) is 4.24. The van der Waals surface area contributed by atoms with Crippen molar-refractivity contribution in [3.8, 4) is 17.2 Å². The van der Waals surface area contributed by atoms with Gasteiger partial charge in [-0.05, 0) is 67.4 Å². The Labute approximate surface area is 235 Å². The number of carbonyl (C=O) groups is 2. The van der Waals surface area contributed by atoms with Crippen molar-refractivity contribution in [1.82, 2.24) is 14.8 Å². The number of nitrogens with one attached hydrogen (secondary N) is 2. The molecule has 4 aromatic rings. The van der Waals surface area contributed by atoms with Gasteiger partial charge in [-0.1, -0.05) is 41.9 Å². The van der Waals surface area contributed by atoms with Gasteiger partial charge in [0.2, 0.25) is 0 Å². The van der Waals surface area contributed by atoms with Crippen LogP contribution in [-0.4, -0.2) is 34.0 Å². The highest BCUT2D eigenvalue weighted by molar-refractivity contribution is 6.39. The Morgan fingerprint density at radius 1 is 0.975 bits per heavy atom. The second-order valence-corrected chi connectivity index (χ2v) is 9.08. The maximum Gasteiger partial charge on any atom is 0.329 e. The second-order valence-electron chi connectivity index (χ2n) is 8.65. The zero-order chi connectivity index (χ0) is 28.6. The maximum absolute atomic E-state index is 13.0. The fraction of sp³-hybridized carbons (Fsp3) is 0.172. The third-order valence-corrected chi connectivity index (χ3v) is 6.16. The van der Waals surface area contributed by atoms with E-state index >= 15 is 0 Å². The van der Waals surface area contributed by atoms with Gasteiger partial charge >= 0.3 is 11.8 Å². The van der Waals surface area contributed by atoms with E-state index in [1.807, 2.05) is 31.2 Å². The summed E-state index contributed by atoms with van der Waals surface area (Å²) in [5.74, 6) is -1.03. The van der Waals surface area contributed by atoms with E-state index in [4.69, 9.17) is 21.1 Å². The van der Waals surface area contributed by atoms with E-state index in [-0.39, 0.29) is 5.69 Å². The summed E-state index contributed by atoms with van der Waals surface area (Å²) in [6, 6.07) is 21.5. The van der Waals surface area contributed by atoms with Gasteiger partial charge < -0.3 is 14.8 Å². The van der Waals surface area contributed by atoms with Crippen molar-refractivity contribution in [2.45, 2.75) is 20.5 Å². The number of aromatic nitrogens is 2. The van der Waals surface area contributed by atoms with Gasteiger partial charge in [0.15, 0.2) is 11.5 Å². The van der Waals surface area contributed by atoms with Crippen LogP contribution in [-0.2, 0) is 23.2 Å². The molecule has 1 heterocycles. The number of hydrogen-bond acceptors (Lipinski definition) is 6. The molecule has 2 N–H and O–H groups in total. The minimum Gasteiger partial charge on any atom is -0.490 e. The average molecular weight is 562 g/mol. The van der Waals surface area contributed by atoms with E-state index in [1.165, 1.54) is 10.9 Å². The highest BCUT2D eigenvalue weighted by atomic mass is 35.5. The Balaban J connectivity index is 1.40. The zero-order valence-electron chi connectivity index (χ0n) is 22.2. The number of rotatable bonds is 9. The molecule has 0 saturated carbocycles. The number of nitrogens with zero attached hydrogens (tertiary/aromatic N) is 3. The third-order valence-electron chi connectivity index (χ3n) is 5.93. The van der Waals surface area contributed by atoms with Crippen LogP contribution in [0.15, 0.2) is 82.7 Å². The predicted molar refractivity (Wildman–Crippen MR) is 154 cm³/mol. The van der Waals surface area contributed by atoms with Crippen LogP contribution in [0.5, 0.6) is 11.5 Å². The second kappa shape index (κ2) is 12.8. The van der Waals surface area contributed by atoms with Crippen LogP contribution < -0.4 is 25.8 Å². The lowest BCUT2D eigenvalue weighted by Crippen LogP contribution is -2.34. The van der Waals surface area contributed by atoms with Gasteiger partial charge in [-0.15, -0.1) is 0 Å². The molecule has 2 amide bonds. The van der Waals surface area contributed by atoms with Crippen LogP contribution >= 0.6 is 11.6 Å². The summed E-state index contributed by atoms with van der Waals surface area (Å²) in [6.07, 6.45) is 1.37. The molecular weight excluding hydrogens is 534 g/mol. The molecule has 11 heteroatoms. The minimum absolute atomic E-state index is 0.00482. The number of hydrazone groups is 1. The molecule has 3 aromatic carbocycles. The summed E-state index contributed by atoms with van der Waals surface area (Å²) in [5.41, 5.74) is 4.34. The molecular formula is C29H28ClN5O5. The summed E-state index contributed by atoms with van der Waals surface area (Å²) in [5, 5.41) is 6.89. The molecule has 0 aliphatic carbocycles. The highest BCUT2D eigenvalue weighted by Crippen LogP contribution is 2.29. The molecule has 0 bridgehead atoms. The number of anilines is 1. The Hall–Kier alpha value is -4.83. The van der Waals surface area contributed by atoms with Crippen LogP contribution in [0.25, 0.3) is 5.69 Å². The van der Waals surface area contributed by atoms with Gasteiger partial charge in [-0.2, -0.15) is 5.10 Å². The molecule has 4 rings (SSSR count). The van der Waals surface area contributed by atoms with Crippen LogP contribution in [0.3, 0.4) is 0 Å². The van der Waals surface area contributed by atoms with Gasteiger partial charge in [-0.3, -0.25) is 19.1 Å². The molecule has 0 fully saturated rings. The fourth-order valence-corrected chi connectivity index (χ4v) is 4.09. The summed E-state index contributed by atoms with van der Waals surface area (Å²) >= 11 is 6.04. The van der Waals surface area contributed by atoms with Crippen molar-refractivity contribution < 1.29 is 19.1 Å². The average Bonchev–Trinajstić information content (AvgIpc) is 3.16. The summed E-state index contributed by atoms with van der Waals surface area (Å²) in [7, 11) is 1.69. The lowest BCUT2D eigenvalue weighted by molar-refractivity contribution is -0.136. The number of amides is 2. The maximum atomic E-state index is 13.0. The first-order valence-electron chi connectivity index (χ1n) is 12.4. The molecule has 0 radical (unpaired) electrons. The van der Waals surface area contributed by atoms with Gasteiger partial charge in [0.1, 0.15) is 12.3 Å². The van der Waals surface area contributed by atoms with Crippen molar-refractivity contribution in [2.75, 3.05) is 11.9 Å². The highest BCUT2D eigenvalue weighted by Gasteiger charge is 2.21. The minimum atomic E-state index is -1.03.